The van der Waals surface area contributed by atoms with E-state index in [1.807, 2.05) is 6.92 Å². The zero-order valence-electron chi connectivity index (χ0n) is 29.5. The van der Waals surface area contributed by atoms with Crippen LogP contribution in [0.15, 0.2) is 31.6 Å². The number of aliphatic hydroxyl groups is 1. The zero-order chi connectivity index (χ0) is 38.9. The summed E-state index contributed by atoms with van der Waals surface area (Å²) in [6.07, 6.45) is -1.48. The minimum absolute atomic E-state index is 0.0126. The molecule has 4 rings (SSSR count). The van der Waals surface area contributed by atoms with E-state index in [-0.39, 0.29) is 36.5 Å². The number of aromatic nitrogens is 4. The van der Waals surface area contributed by atoms with Gasteiger partial charge in [0.05, 0.1) is 25.9 Å². The molecule has 2 aromatic heterocycles. The number of aliphatic hydroxyl groups excluding tert-OH is 1. The van der Waals surface area contributed by atoms with Gasteiger partial charge < -0.3 is 29.7 Å². The molecule has 2 aromatic rings. The van der Waals surface area contributed by atoms with Crippen LogP contribution in [0.5, 0.6) is 0 Å². The second-order valence-corrected chi connectivity index (χ2v) is 15.6. The minimum atomic E-state index is -5.00. The maximum Gasteiger partial charge on any atom is 0.472 e. The van der Waals surface area contributed by atoms with Crippen molar-refractivity contribution in [2.24, 2.45) is 0 Å². The van der Waals surface area contributed by atoms with E-state index in [1.165, 1.54) is 26.2 Å². The van der Waals surface area contributed by atoms with Crippen LogP contribution < -0.4 is 27.8 Å². The first-order chi connectivity index (χ1) is 25.0. The van der Waals surface area contributed by atoms with Crippen molar-refractivity contribution in [2.45, 2.75) is 109 Å². The Bertz CT molecular complexity index is 1890. The fourth-order valence-electron chi connectivity index (χ4n) is 5.65. The third-order valence-corrected chi connectivity index (χ3v) is 10.5. The highest BCUT2D eigenvalue weighted by Gasteiger charge is 2.44. The minimum Gasteiger partial charge on any atom is -0.390 e. The number of hydrogen-bond donors (Lipinski definition) is 6. The lowest BCUT2D eigenvalue weighted by Crippen LogP contribution is -2.33. The van der Waals surface area contributed by atoms with Crippen molar-refractivity contribution in [3.63, 3.8) is 0 Å². The predicted molar refractivity (Wildman–Crippen MR) is 184 cm³/mol. The van der Waals surface area contributed by atoms with Crippen molar-refractivity contribution in [1.29, 1.82) is 0 Å². The highest BCUT2D eigenvalue weighted by Crippen LogP contribution is 2.50. The van der Waals surface area contributed by atoms with Crippen LogP contribution in [0.4, 0.5) is 0 Å². The van der Waals surface area contributed by atoms with Gasteiger partial charge in [0.2, 0.25) is 5.91 Å². The standard InChI is InChI=1S/C30H47N5O16P2/c1-4-9-24(37)31-10-7-5-6-8-11-46-52(42,43)47-17-23-21(13-26(50-23)35-15-19(3)28(39)33-30(35)41)51-53(44,45)48-16-22-20(36)12-25(49-22)34-14-18(2)27(38)32-29(34)40/h14-15,20-23,25-26,36H,4-13,16-17H2,1-3H3,(H,31,37)(H,42,43)(H,44,45)(H,32,38,40)(H,33,39,41). The lowest BCUT2D eigenvalue weighted by atomic mass is 10.2. The summed E-state index contributed by atoms with van der Waals surface area (Å²) in [7, 11) is -9.66. The summed E-state index contributed by atoms with van der Waals surface area (Å²) in [4.78, 5) is 85.2. The summed E-state index contributed by atoms with van der Waals surface area (Å²) in [6.45, 7) is 3.87. The number of unbranched alkanes of at least 4 members (excludes halogenated alkanes) is 3. The van der Waals surface area contributed by atoms with Crippen LogP contribution in [0, 0.1) is 13.8 Å². The van der Waals surface area contributed by atoms with Gasteiger partial charge >= 0.3 is 27.0 Å². The smallest absolute Gasteiger partial charge is 0.390 e. The van der Waals surface area contributed by atoms with E-state index in [2.05, 4.69) is 15.3 Å². The van der Waals surface area contributed by atoms with E-state index in [4.69, 9.17) is 27.6 Å². The SMILES string of the molecule is CCCC(=O)NCCCCCCOP(=O)(O)OCC1OC(n2cc(C)c(=O)[nH]c2=O)CC1OP(=O)(O)OCC1OC(n2cc(C)c(=O)[nH]c2=O)CC1O. The van der Waals surface area contributed by atoms with Crippen molar-refractivity contribution in [3.05, 3.63) is 65.2 Å². The number of carbonyl (C=O) groups is 1. The topological polar surface area (TPSA) is 289 Å². The molecule has 0 spiro atoms. The van der Waals surface area contributed by atoms with Crippen LogP contribution in [-0.4, -0.2) is 90.7 Å². The Balaban J connectivity index is 1.34. The summed E-state index contributed by atoms with van der Waals surface area (Å²) < 4.78 is 60.0. The molecule has 2 fully saturated rings. The molecule has 21 nitrogen and oxygen atoms in total. The molecule has 298 valence electrons. The second-order valence-electron chi connectivity index (χ2n) is 12.8. The Labute approximate surface area is 302 Å². The number of rotatable bonds is 20. The molecule has 53 heavy (non-hydrogen) atoms. The molecule has 0 bridgehead atoms. The number of carbonyl (C=O) groups excluding carboxylic acids is 1. The monoisotopic (exact) mass is 795 g/mol. The number of aromatic amines is 2. The van der Waals surface area contributed by atoms with Crippen LogP contribution in [0.3, 0.4) is 0 Å². The molecule has 2 aliphatic heterocycles. The van der Waals surface area contributed by atoms with Gasteiger partial charge in [0.15, 0.2) is 0 Å². The third kappa shape index (κ3) is 12.5. The Morgan fingerprint density at radius 3 is 2.02 bits per heavy atom. The maximum absolute atomic E-state index is 13.1. The summed E-state index contributed by atoms with van der Waals surface area (Å²) in [5, 5.41) is 13.3. The van der Waals surface area contributed by atoms with E-state index >= 15 is 0 Å². The molecule has 1 amide bonds. The van der Waals surface area contributed by atoms with Gasteiger partial charge in [-0.05, 0) is 33.1 Å². The van der Waals surface area contributed by atoms with Crippen molar-refractivity contribution in [3.8, 4) is 0 Å². The molecule has 8 atom stereocenters. The summed E-state index contributed by atoms with van der Waals surface area (Å²) in [5.74, 6) is -0.0126. The largest absolute Gasteiger partial charge is 0.472 e. The van der Waals surface area contributed by atoms with E-state index in [0.717, 1.165) is 28.4 Å². The first-order valence-electron chi connectivity index (χ1n) is 17.2. The van der Waals surface area contributed by atoms with Crippen molar-refractivity contribution in [1.82, 2.24) is 24.4 Å². The number of ether oxygens (including phenoxy) is 2. The molecule has 23 heteroatoms. The van der Waals surface area contributed by atoms with Crippen molar-refractivity contribution >= 4 is 21.6 Å². The first kappa shape index (κ1) is 42.7. The molecule has 8 unspecified atom stereocenters. The average molecular weight is 796 g/mol. The van der Waals surface area contributed by atoms with E-state index in [1.54, 1.807) is 0 Å². The average Bonchev–Trinajstić information content (AvgIpc) is 3.65. The van der Waals surface area contributed by atoms with Crippen LogP contribution >= 0.6 is 15.6 Å². The Morgan fingerprint density at radius 2 is 1.40 bits per heavy atom. The molecule has 2 saturated heterocycles. The van der Waals surface area contributed by atoms with E-state index < -0.39 is 88.2 Å². The fourth-order valence-corrected chi connectivity index (χ4v) is 7.38. The molecular formula is C30H47N5O16P2. The normalized spacial score (nSPS) is 25.2. The van der Waals surface area contributed by atoms with Crippen LogP contribution in [-0.2, 0) is 41.5 Å². The summed E-state index contributed by atoms with van der Waals surface area (Å²) >= 11 is 0. The van der Waals surface area contributed by atoms with Gasteiger partial charge in [-0.25, -0.2) is 18.7 Å². The summed E-state index contributed by atoms with van der Waals surface area (Å²) in [6, 6.07) is 0. The van der Waals surface area contributed by atoms with Gasteiger partial charge in [-0.3, -0.25) is 51.6 Å². The number of nitrogens with zero attached hydrogens (tertiary/aromatic N) is 2. The van der Waals surface area contributed by atoms with Crippen LogP contribution in [0.2, 0.25) is 0 Å². The highest BCUT2D eigenvalue weighted by atomic mass is 31.2. The third-order valence-electron chi connectivity index (χ3n) is 8.49. The maximum atomic E-state index is 13.1. The quantitative estimate of drug-likeness (QED) is 0.0796. The first-order valence-corrected chi connectivity index (χ1v) is 20.1. The number of amides is 1. The lowest BCUT2D eigenvalue weighted by Gasteiger charge is -2.23. The van der Waals surface area contributed by atoms with Gasteiger partial charge in [-0.15, -0.1) is 0 Å². The van der Waals surface area contributed by atoms with E-state index in [0.29, 0.717) is 25.8 Å². The number of hydrogen-bond acceptors (Lipinski definition) is 14. The molecule has 0 aliphatic carbocycles. The van der Waals surface area contributed by atoms with Gasteiger partial charge in [0.25, 0.3) is 11.1 Å². The number of phosphoric acid groups is 2. The van der Waals surface area contributed by atoms with Gasteiger partial charge in [-0.2, -0.15) is 0 Å². The number of nitrogens with one attached hydrogen (secondary N) is 3. The molecule has 4 heterocycles. The molecular weight excluding hydrogens is 748 g/mol. The molecule has 2 aliphatic rings. The lowest BCUT2D eigenvalue weighted by molar-refractivity contribution is -0.121. The number of H-pyrrole nitrogens is 2. The predicted octanol–water partition coefficient (Wildman–Crippen LogP) is 0.752. The Hall–Kier alpha value is -3.07. The Morgan fingerprint density at radius 1 is 0.849 bits per heavy atom. The number of phosphoric ester groups is 2. The highest BCUT2D eigenvalue weighted by molar-refractivity contribution is 7.47. The van der Waals surface area contributed by atoms with Crippen molar-refractivity contribution < 1.29 is 56.4 Å². The number of aryl methyl sites for hydroxylation is 2. The van der Waals surface area contributed by atoms with Crippen LogP contribution in [0.25, 0.3) is 0 Å². The van der Waals surface area contributed by atoms with Gasteiger partial charge in [-0.1, -0.05) is 19.8 Å². The summed E-state index contributed by atoms with van der Waals surface area (Å²) in [5.41, 5.74) is -2.49. The Kier molecular flexibility index (Phi) is 15.3. The van der Waals surface area contributed by atoms with Gasteiger partial charge in [0, 0.05) is 49.3 Å². The van der Waals surface area contributed by atoms with Gasteiger partial charge in [0.1, 0.15) is 30.8 Å². The zero-order valence-corrected chi connectivity index (χ0v) is 31.3. The molecule has 0 aromatic carbocycles. The second kappa shape index (κ2) is 19.0. The van der Waals surface area contributed by atoms with E-state index in [9.17, 15) is 48.0 Å². The van der Waals surface area contributed by atoms with Crippen LogP contribution in [0.1, 0.15) is 81.9 Å². The molecule has 0 saturated carbocycles. The molecule has 0 radical (unpaired) electrons. The molecule has 6 N–H and O–H groups in total. The van der Waals surface area contributed by atoms with Crippen molar-refractivity contribution in [2.75, 3.05) is 26.4 Å². The fraction of sp³-hybridized carbons (Fsp3) is 0.700.